The highest BCUT2D eigenvalue weighted by Crippen LogP contribution is 2.34. The van der Waals surface area contributed by atoms with Crippen LogP contribution in [-0.2, 0) is 0 Å². The molecule has 1 fully saturated rings. The summed E-state index contributed by atoms with van der Waals surface area (Å²) in [5, 5.41) is 2.83. The van der Waals surface area contributed by atoms with Gasteiger partial charge >= 0.3 is 0 Å². The van der Waals surface area contributed by atoms with Gasteiger partial charge in [0.2, 0.25) is 0 Å². The maximum Gasteiger partial charge on any atom is 0.255 e. The van der Waals surface area contributed by atoms with Crippen LogP contribution in [0.4, 0.5) is 14.5 Å². The maximum atomic E-state index is 12.5. The van der Waals surface area contributed by atoms with Gasteiger partial charge in [-0.1, -0.05) is 12.8 Å². The minimum Gasteiger partial charge on any atom is -0.377 e. The maximum absolute atomic E-state index is 12.5. The number of aromatic nitrogens is 3. The minimum absolute atomic E-state index is 0.365. The van der Waals surface area contributed by atoms with Crippen molar-refractivity contribution < 1.29 is 8.78 Å². The number of alkyl halides is 2. The summed E-state index contributed by atoms with van der Waals surface area (Å²) < 4.78 is 27.1. The van der Waals surface area contributed by atoms with Crippen LogP contribution in [-0.4, -0.2) is 27.5 Å². The van der Waals surface area contributed by atoms with Gasteiger partial charge < -0.3 is 9.88 Å². The lowest BCUT2D eigenvalue weighted by molar-refractivity contribution is 0.163. The number of halogens is 2. The van der Waals surface area contributed by atoms with Crippen LogP contribution in [0.2, 0.25) is 0 Å². The van der Waals surface area contributed by atoms with Crippen LogP contribution < -0.4 is 5.32 Å². The minimum atomic E-state index is -2.38. The highest BCUT2D eigenvalue weighted by Gasteiger charge is 2.22. The molecule has 0 radical (unpaired) electrons. The standard InChI is InChI=1S/C15H20F2N4/c1-9-10(2)20-15-14(13(9)18-7-12(16)17)19-8-21(15)11-5-3-4-6-11/h8,11-12H,3-7H2,1-2H3,(H,18,20). The molecule has 0 atom stereocenters. The van der Waals surface area contributed by atoms with E-state index in [2.05, 4.69) is 19.9 Å². The molecule has 6 heteroatoms. The molecule has 21 heavy (non-hydrogen) atoms. The second-order valence-corrected chi connectivity index (χ2v) is 5.73. The van der Waals surface area contributed by atoms with E-state index in [1.54, 1.807) is 6.33 Å². The molecule has 0 saturated heterocycles. The van der Waals surface area contributed by atoms with Crippen molar-refractivity contribution in [3.63, 3.8) is 0 Å². The highest BCUT2D eigenvalue weighted by atomic mass is 19.3. The van der Waals surface area contributed by atoms with E-state index in [1.807, 2.05) is 13.8 Å². The average molecular weight is 294 g/mol. The molecule has 2 aromatic heterocycles. The van der Waals surface area contributed by atoms with Crippen molar-refractivity contribution in [1.29, 1.82) is 0 Å². The summed E-state index contributed by atoms with van der Waals surface area (Å²) in [6, 6.07) is 0.438. The van der Waals surface area contributed by atoms with Gasteiger partial charge in [0.1, 0.15) is 5.52 Å². The first-order chi connectivity index (χ1) is 10.1. The lowest BCUT2D eigenvalue weighted by Crippen LogP contribution is -2.13. The lowest BCUT2D eigenvalue weighted by Gasteiger charge is -2.15. The van der Waals surface area contributed by atoms with Gasteiger partial charge in [0.05, 0.1) is 18.6 Å². The number of rotatable bonds is 4. The average Bonchev–Trinajstić information content (AvgIpc) is 3.07. The number of aryl methyl sites for hydroxylation is 1. The molecule has 4 nitrogen and oxygen atoms in total. The zero-order valence-corrected chi connectivity index (χ0v) is 12.4. The number of anilines is 1. The van der Waals surface area contributed by atoms with Gasteiger partial charge in [-0.2, -0.15) is 0 Å². The predicted molar refractivity (Wildman–Crippen MR) is 79.0 cm³/mol. The Morgan fingerprint density at radius 3 is 2.71 bits per heavy atom. The first kappa shape index (κ1) is 14.2. The predicted octanol–water partition coefficient (Wildman–Crippen LogP) is 3.84. The molecule has 0 spiro atoms. The molecule has 0 unspecified atom stereocenters. The fourth-order valence-corrected chi connectivity index (χ4v) is 3.09. The first-order valence-corrected chi connectivity index (χ1v) is 7.43. The van der Waals surface area contributed by atoms with E-state index in [0.717, 1.165) is 29.7 Å². The second kappa shape index (κ2) is 5.58. The van der Waals surface area contributed by atoms with Crippen LogP contribution in [0.25, 0.3) is 11.2 Å². The Hall–Kier alpha value is -1.72. The van der Waals surface area contributed by atoms with Crippen LogP contribution in [0, 0.1) is 13.8 Å². The van der Waals surface area contributed by atoms with E-state index in [4.69, 9.17) is 0 Å². The largest absolute Gasteiger partial charge is 0.377 e. The van der Waals surface area contributed by atoms with Gasteiger partial charge in [0.25, 0.3) is 6.43 Å². The zero-order valence-electron chi connectivity index (χ0n) is 12.4. The van der Waals surface area contributed by atoms with Crippen molar-refractivity contribution in [2.75, 3.05) is 11.9 Å². The summed E-state index contributed by atoms with van der Waals surface area (Å²) in [5.41, 5.74) is 3.95. The van der Waals surface area contributed by atoms with Crippen molar-refractivity contribution >= 4 is 16.9 Å². The lowest BCUT2D eigenvalue weighted by atomic mass is 10.1. The van der Waals surface area contributed by atoms with E-state index in [-0.39, 0.29) is 6.54 Å². The Labute approximate surface area is 122 Å². The van der Waals surface area contributed by atoms with E-state index < -0.39 is 6.43 Å². The quantitative estimate of drug-likeness (QED) is 0.931. The van der Waals surface area contributed by atoms with Crippen molar-refractivity contribution in [1.82, 2.24) is 14.5 Å². The Morgan fingerprint density at radius 1 is 1.33 bits per heavy atom. The highest BCUT2D eigenvalue weighted by molar-refractivity contribution is 5.88. The van der Waals surface area contributed by atoms with Gasteiger partial charge in [-0.25, -0.2) is 18.7 Å². The smallest absolute Gasteiger partial charge is 0.255 e. The summed E-state index contributed by atoms with van der Waals surface area (Å²) in [4.78, 5) is 9.08. The molecule has 0 aromatic carbocycles. The molecule has 1 aliphatic rings. The monoisotopic (exact) mass is 294 g/mol. The number of hydrogen-bond donors (Lipinski definition) is 1. The normalized spacial score (nSPS) is 16.2. The summed E-state index contributed by atoms with van der Waals surface area (Å²) in [5.74, 6) is 0. The van der Waals surface area contributed by atoms with Crippen LogP contribution in [0.1, 0.15) is 43.0 Å². The third-order valence-electron chi connectivity index (χ3n) is 4.35. The van der Waals surface area contributed by atoms with E-state index in [0.29, 0.717) is 17.2 Å². The molecule has 1 aliphatic carbocycles. The molecule has 3 rings (SSSR count). The number of fused-ring (bicyclic) bond motifs is 1. The van der Waals surface area contributed by atoms with Crippen LogP contribution in [0.3, 0.4) is 0 Å². The van der Waals surface area contributed by atoms with E-state index in [9.17, 15) is 8.78 Å². The Bertz CT molecular complexity index is 645. The SMILES string of the molecule is Cc1nc2c(ncn2C2CCCC2)c(NCC(F)F)c1C. The fraction of sp³-hybridized carbons (Fsp3) is 0.600. The second-order valence-electron chi connectivity index (χ2n) is 5.73. The third-order valence-corrected chi connectivity index (χ3v) is 4.35. The summed E-state index contributed by atoms with van der Waals surface area (Å²) in [7, 11) is 0. The summed E-state index contributed by atoms with van der Waals surface area (Å²) in [6.07, 6.45) is 4.15. The molecule has 2 heterocycles. The summed E-state index contributed by atoms with van der Waals surface area (Å²) in [6.45, 7) is 3.44. The van der Waals surface area contributed by atoms with Gasteiger partial charge in [-0.05, 0) is 32.3 Å². The molecular weight excluding hydrogens is 274 g/mol. The van der Waals surface area contributed by atoms with E-state index in [1.165, 1.54) is 12.8 Å². The van der Waals surface area contributed by atoms with Gasteiger partial charge in [-0.3, -0.25) is 0 Å². The third kappa shape index (κ3) is 2.59. The van der Waals surface area contributed by atoms with Gasteiger partial charge in [-0.15, -0.1) is 0 Å². The topological polar surface area (TPSA) is 42.7 Å². The number of hydrogen-bond acceptors (Lipinski definition) is 3. The molecule has 114 valence electrons. The Kier molecular flexibility index (Phi) is 3.78. The number of pyridine rings is 1. The van der Waals surface area contributed by atoms with Crippen LogP contribution >= 0.6 is 0 Å². The van der Waals surface area contributed by atoms with Gasteiger partial charge in [0.15, 0.2) is 5.65 Å². The van der Waals surface area contributed by atoms with Crippen LogP contribution in [0.15, 0.2) is 6.33 Å². The molecular formula is C15H20F2N4. The van der Waals surface area contributed by atoms with Crippen molar-refractivity contribution in [2.45, 2.75) is 52.0 Å². The fourth-order valence-electron chi connectivity index (χ4n) is 3.09. The molecule has 0 bridgehead atoms. The van der Waals surface area contributed by atoms with E-state index >= 15 is 0 Å². The molecule has 1 saturated carbocycles. The molecule has 0 amide bonds. The molecule has 2 aromatic rings. The van der Waals surface area contributed by atoms with Crippen molar-refractivity contribution in [2.24, 2.45) is 0 Å². The number of nitrogens with one attached hydrogen (secondary N) is 1. The first-order valence-electron chi connectivity index (χ1n) is 7.43. The number of imidazole rings is 1. The zero-order chi connectivity index (χ0) is 15.0. The van der Waals surface area contributed by atoms with Gasteiger partial charge in [0, 0.05) is 11.7 Å². The Morgan fingerprint density at radius 2 is 2.05 bits per heavy atom. The van der Waals surface area contributed by atoms with Crippen molar-refractivity contribution in [3.05, 3.63) is 17.6 Å². The van der Waals surface area contributed by atoms with Crippen LogP contribution in [0.5, 0.6) is 0 Å². The number of nitrogens with zero attached hydrogens (tertiary/aromatic N) is 3. The Balaban J connectivity index is 2.06. The summed E-state index contributed by atoms with van der Waals surface area (Å²) >= 11 is 0. The van der Waals surface area contributed by atoms with Crippen molar-refractivity contribution in [3.8, 4) is 0 Å². The molecule has 1 N–H and O–H groups in total. The molecule has 0 aliphatic heterocycles.